The van der Waals surface area contributed by atoms with Gasteiger partial charge in [0.25, 0.3) is 11.2 Å². The highest BCUT2D eigenvalue weighted by Gasteiger charge is 2.21. The molecule has 8 heteroatoms. The number of hydrogen-bond donors (Lipinski definition) is 2. The highest BCUT2D eigenvalue weighted by atomic mass is 16.6. The molecule has 0 aliphatic heterocycles. The second kappa shape index (κ2) is 5.16. The van der Waals surface area contributed by atoms with Crippen LogP contribution >= 0.6 is 0 Å². The molecule has 0 atom stereocenters. The molecule has 1 aromatic heterocycles. The quantitative estimate of drug-likeness (QED) is 0.653. The fourth-order valence-electron chi connectivity index (χ4n) is 1.96. The first-order valence-corrected chi connectivity index (χ1v) is 5.91. The molecule has 2 rings (SSSR count). The molecule has 0 amide bonds. The first-order valence-electron chi connectivity index (χ1n) is 5.91. The molecule has 2 aromatic rings. The lowest BCUT2D eigenvalue weighted by Crippen LogP contribution is -2.21. The van der Waals surface area contributed by atoms with Crippen molar-refractivity contribution >= 4 is 11.7 Å². The van der Waals surface area contributed by atoms with E-state index in [1.807, 2.05) is 0 Å². The van der Waals surface area contributed by atoms with Crippen LogP contribution < -0.4 is 5.56 Å². The third-order valence-corrected chi connectivity index (χ3v) is 2.92. The lowest BCUT2D eigenvalue weighted by atomic mass is 10.1. The van der Waals surface area contributed by atoms with Crippen LogP contribution in [0.2, 0.25) is 0 Å². The fraction of sp³-hybridized carbons (Fsp3) is 0.154. The van der Waals surface area contributed by atoms with E-state index in [0.29, 0.717) is 0 Å². The molecule has 0 saturated carbocycles. The average Bonchev–Trinajstić information content (AvgIpc) is 2.36. The van der Waals surface area contributed by atoms with Crippen LogP contribution in [0.3, 0.4) is 0 Å². The molecule has 2 N–H and O–H groups in total. The van der Waals surface area contributed by atoms with Gasteiger partial charge in [-0.25, -0.2) is 9.78 Å². The van der Waals surface area contributed by atoms with Crippen molar-refractivity contribution < 1.29 is 14.8 Å². The predicted octanol–water partition coefficient (Wildman–Crippen LogP) is 1.66. The minimum atomic E-state index is -1.40. The Balaban J connectivity index is 2.74. The Morgan fingerprint density at radius 2 is 2.05 bits per heavy atom. The number of nitrogens with zero attached hydrogens (tertiary/aromatic N) is 2. The molecule has 1 heterocycles. The van der Waals surface area contributed by atoms with Crippen LogP contribution in [-0.2, 0) is 0 Å². The normalized spacial score (nSPS) is 10.4. The largest absolute Gasteiger partial charge is 0.477 e. The number of nitrogens with one attached hydrogen (secondary N) is 1. The average molecular weight is 289 g/mol. The first kappa shape index (κ1) is 14.4. The van der Waals surface area contributed by atoms with Gasteiger partial charge >= 0.3 is 5.97 Å². The maximum atomic E-state index is 11.8. The Labute approximate surface area is 118 Å². The van der Waals surface area contributed by atoms with Gasteiger partial charge in [-0.15, -0.1) is 0 Å². The van der Waals surface area contributed by atoms with E-state index in [4.69, 9.17) is 5.11 Å². The molecule has 108 valence electrons. The monoisotopic (exact) mass is 289 g/mol. The number of aromatic nitrogens is 2. The maximum Gasteiger partial charge on any atom is 0.343 e. The Morgan fingerprint density at radius 1 is 1.38 bits per heavy atom. The number of aromatic carboxylic acids is 1. The van der Waals surface area contributed by atoms with E-state index in [2.05, 4.69) is 9.97 Å². The van der Waals surface area contributed by atoms with Gasteiger partial charge < -0.3 is 10.1 Å². The lowest BCUT2D eigenvalue weighted by Gasteiger charge is -2.06. The standard InChI is InChI=1S/C13H11N3O5/c1-6-3-4-9(16(20)21)8(5-6)11-14-7(2)10(13(18)19)12(17)15-11/h3-5H,1-2H3,(H,18,19)(H,14,15,17). The summed E-state index contributed by atoms with van der Waals surface area (Å²) in [5.74, 6) is -1.43. The Morgan fingerprint density at radius 3 is 2.57 bits per heavy atom. The van der Waals surface area contributed by atoms with E-state index in [9.17, 15) is 19.7 Å². The number of hydrogen-bond acceptors (Lipinski definition) is 5. The molecule has 8 nitrogen and oxygen atoms in total. The van der Waals surface area contributed by atoms with Crippen LogP contribution in [-0.4, -0.2) is 26.0 Å². The van der Waals surface area contributed by atoms with Crippen LogP contribution in [0.5, 0.6) is 0 Å². The molecule has 21 heavy (non-hydrogen) atoms. The zero-order chi connectivity index (χ0) is 15.7. The van der Waals surface area contributed by atoms with Crippen LogP contribution in [0.25, 0.3) is 11.4 Å². The van der Waals surface area contributed by atoms with Crippen LogP contribution in [0, 0.1) is 24.0 Å². The highest BCUT2D eigenvalue weighted by molar-refractivity contribution is 5.88. The van der Waals surface area contributed by atoms with E-state index >= 15 is 0 Å². The SMILES string of the molecule is Cc1ccc([N+](=O)[O-])c(-c2nc(C)c(C(=O)O)c(=O)[nH]2)c1. The molecular weight excluding hydrogens is 278 g/mol. The van der Waals surface area contributed by atoms with Crippen molar-refractivity contribution in [2.24, 2.45) is 0 Å². The molecule has 0 spiro atoms. The summed E-state index contributed by atoms with van der Waals surface area (Å²) in [7, 11) is 0. The van der Waals surface area contributed by atoms with Crippen molar-refractivity contribution in [3.05, 3.63) is 55.5 Å². The number of aryl methyl sites for hydroxylation is 2. The summed E-state index contributed by atoms with van der Waals surface area (Å²) in [6.07, 6.45) is 0. The Bertz CT molecular complexity index is 810. The molecule has 1 aromatic carbocycles. The predicted molar refractivity (Wildman–Crippen MR) is 73.4 cm³/mol. The van der Waals surface area contributed by atoms with Crippen molar-refractivity contribution in [2.45, 2.75) is 13.8 Å². The van der Waals surface area contributed by atoms with Gasteiger partial charge in [0, 0.05) is 6.07 Å². The molecule has 0 aliphatic carbocycles. The van der Waals surface area contributed by atoms with Gasteiger partial charge in [0.15, 0.2) is 0 Å². The van der Waals surface area contributed by atoms with Gasteiger partial charge in [0.2, 0.25) is 0 Å². The molecule has 0 fully saturated rings. The lowest BCUT2D eigenvalue weighted by molar-refractivity contribution is -0.384. The molecule has 0 unspecified atom stereocenters. The number of nitro groups is 1. The molecule has 0 aliphatic rings. The summed E-state index contributed by atoms with van der Waals surface area (Å²) in [5.41, 5.74) is -0.659. The number of carbonyl (C=O) groups is 1. The zero-order valence-corrected chi connectivity index (χ0v) is 11.2. The van der Waals surface area contributed by atoms with Crippen molar-refractivity contribution in [2.75, 3.05) is 0 Å². The second-order valence-electron chi connectivity index (χ2n) is 4.46. The van der Waals surface area contributed by atoms with Crippen molar-refractivity contribution in [3.8, 4) is 11.4 Å². The smallest absolute Gasteiger partial charge is 0.343 e. The molecular formula is C13H11N3O5. The molecule has 0 bridgehead atoms. The van der Waals surface area contributed by atoms with Gasteiger partial charge in [0.1, 0.15) is 11.4 Å². The van der Waals surface area contributed by atoms with Gasteiger partial charge in [-0.1, -0.05) is 6.07 Å². The van der Waals surface area contributed by atoms with Crippen molar-refractivity contribution in [3.63, 3.8) is 0 Å². The first-order chi connectivity index (χ1) is 9.81. The zero-order valence-electron chi connectivity index (χ0n) is 11.2. The summed E-state index contributed by atoms with van der Waals surface area (Å²) in [4.78, 5) is 39.5. The number of carboxylic acid groups (broad SMARTS) is 1. The van der Waals surface area contributed by atoms with E-state index < -0.39 is 22.0 Å². The molecule has 0 radical (unpaired) electrons. The topological polar surface area (TPSA) is 126 Å². The summed E-state index contributed by atoms with van der Waals surface area (Å²) in [6.45, 7) is 3.10. The molecule has 0 saturated heterocycles. The van der Waals surface area contributed by atoms with E-state index in [0.717, 1.165) is 5.56 Å². The van der Waals surface area contributed by atoms with Crippen LogP contribution in [0.4, 0.5) is 5.69 Å². The number of nitro benzene ring substituents is 1. The van der Waals surface area contributed by atoms with Gasteiger partial charge in [-0.05, 0) is 25.5 Å². The van der Waals surface area contributed by atoms with Gasteiger partial charge in [-0.3, -0.25) is 14.9 Å². The van der Waals surface area contributed by atoms with Crippen molar-refractivity contribution in [1.82, 2.24) is 9.97 Å². The minimum Gasteiger partial charge on any atom is -0.477 e. The summed E-state index contributed by atoms with van der Waals surface area (Å²) >= 11 is 0. The van der Waals surface area contributed by atoms with Gasteiger partial charge in [0.05, 0.1) is 16.2 Å². The number of benzene rings is 1. The third-order valence-electron chi connectivity index (χ3n) is 2.92. The fourth-order valence-corrected chi connectivity index (χ4v) is 1.96. The summed E-state index contributed by atoms with van der Waals surface area (Å²) in [6, 6.07) is 4.39. The van der Waals surface area contributed by atoms with Gasteiger partial charge in [-0.2, -0.15) is 0 Å². The van der Waals surface area contributed by atoms with Crippen LogP contribution in [0.1, 0.15) is 21.6 Å². The Kier molecular flexibility index (Phi) is 3.53. The Hall–Kier alpha value is -3.03. The summed E-state index contributed by atoms with van der Waals surface area (Å²) in [5, 5.41) is 20.0. The number of rotatable bonds is 3. The summed E-state index contributed by atoms with van der Waals surface area (Å²) < 4.78 is 0. The maximum absolute atomic E-state index is 11.8. The number of carboxylic acids is 1. The highest BCUT2D eigenvalue weighted by Crippen LogP contribution is 2.28. The third kappa shape index (κ3) is 2.64. The number of H-pyrrole nitrogens is 1. The van der Waals surface area contributed by atoms with Crippen LogP contribution in [0.15, 0.2) is 23.0 Å². The van der Waals surface area contributed by atoms with E-state index in [1.54, 1.807) is 13.0 Å². The second-order valence-corrected chi connectivity index (χ2v) is 4.46. The number of aromatic amines is 1. The van der Waals surface area contributed by atoms with E-state index in [-0.39, 0.29) is 22.8 Å². The minimum absolute atomic E-state index is 0.00273. The van der Waals surface area contributed by atoms with E-state index in [1.165, 1.54) is 19.1 Å². The van der Waals surface area contributed by atoms with Crippen molar-refractivity contribution in [1.29, 1.82) is 0 Å².